The van der Waals surface area contributed by atoms with Crippen molar-refractivity contribution >= 4 is 10.8 Å². The summed E-state index contributed by atoms with van der Waals surface area (Å²) >= 11 is 0. The van der Waals surface area contributed by atoms with Gasteiger partial charge in [0, 0.05) is 28.6 Å². The molecule has 2 aromatic rings. The minimum absolute atomic E-state index is 0.0293. The number of nitrogens with one attached hydrogen (secondary N) is 1. The van der Waals surface area contributed by atoms with Crippen LogP contribution in [0.2, 0.25) is 0 Å². The Bertz CT molecular complexity index is 651. The Balaban J connectivity index is 2.46. The van der Waals surface area contributed by atoms with Gasteiger partial charge in [-0.1, -0.05) is 45.0 Å². The van der Waals surface area contributed by atoms with Gasteiger partial charge in [0.15, 0.2) is 0 Å². The standard InChI is InChI=1S/C19H28N2O/c1-18(2,3)16-11-13-9-7-8-10-14(13)17(21-16)15(22)12-20-19(4,5)6/h7-11,15,20,22H,12H2,1-6H3/t15-/m1/s1. The number of aliphatic hydroxyl groups excluding tert-OH is 1. The van der Waals surface area contributed by atoms with Crippen molar-refractivity contribution in [2.45, 2.75) is 58.6 Å². The van der Waals surface area contributed by atoms with Gasteiger partial charge in [-0.05, 0) is 32.2 Å². The summed E-state index contributed by atoms with van der Waals surface area (Å²) in [7, 11) is 0. The molecular weight excluding hydrogens is 272 g/mol. The van der Waals surface area contributed by atoms with Crippen LogP contribution < -0.4 is 5.32 Å². The Morgan fingerprint density at radius 3 is 2.32 bits per heavy atom. The summed E-state index contributed by atoms with van der Waals surface area (Å²) in [5, 5.41) is 16.2. The molecule has 2 rings (SSSR count). The summed E-state index contributed by atoms with van der Waals surface area (Å²) in [4.78, 5) is 4.78. The van der Waals surface area contributed by atoms with Crippen molar-refractivity contribution in [2.75, 3.05) is 6.54 Å². The molecule has 3 heteroatoms. The van der Waals surface area contributed by atoms with Crippen molar-refractivity contribution in [1.82, 2.24) is 10.3 Å². The van der Waals surface area contributed by atoms with E-state index in [-0.39, 0.29) is 11.0 Å². The van der Waals surface area contributed by atoms with Crippen LogP contribution in [0.4, 0.5) is 0 Å². The summed E-state index contributed by atoms with van der Waals surface area (Å²) in [6.45, 7) is 13.2. The van der Waals surface area contributed by atoms with Gasteiger partial charge >= 0.3 is 0 Å². The van der Waals surface area contributed by atoms with Crippen molar-refractivity contribution in [1.29, 1.82) is 0 Å². The summed E-state index contributed by atoms with van der Waals surface area (Å²) in [5.41, 5.74) is 1.70. The second-order valence-corrected chi connectivity index (χ2v) is 8.01. The third kappa shape index (κ3) is 4.05. The lowest BCUT2D eigenvalue weighted by Crippen LogP contribution is -2.38. The van der Waals surface area contributed by atoms with E-state index in [4.69, 9.17) is 4.98 Å². The van der Waals surface area contributed by atoms with Gasteiger partial charge in [0.05, 0.1) is 5.69 Å². The topological polar surface area (TPSA) is 45.1 Å². The van der Waals surface area contributed by atoms with Gasteiger partial charge in [-0.2, -0.15) is 0 Å². The van der Waals surface area contributed by atoms with Crippen LogP contribution >= 0.6 is 0 Å². The molecule has 22 heavy (non-hydrogen) atoms. The molecule has 120 valence electrons. The molecule has 0 spiro atoms. The van der Waals surface area contributed by atoms with Gasteiger partial charge in [0.1, 0.15) is 6.10 Å². The number of β-amino-alcohol motifs (C(OH)–C–C–N with tert-alkyl or cyclic N) is 1. The van der Waals surface area contributed by atoms with E-state index in [1.807, 2.05) is 18.2 Å². The zero-order valence-electron chi connectivity index (χ0n) is 14.6. The normalized spacial score (nSPS) is 14.3. The first-order valence-electron chi connectivity index (χ1n) is 7.91. The lowest BCUT2D eigenvalue weighted by atomic mass is 9.89. The number of aliphatic hydroxyl groups is 1. The quantitative estimate of drug-likeness (QED) is 0.902. The molecule has 0 amide bonds. The van der Waals surface area contributed by atoms with Crippen molar-refractivity contribution in [3.8, 4) is 0 Å². The number of hydrogen-bond acceptors (Lipinski definition) is 3. The maximum Gasteiger partial charge on any atom is 0.109 e. The first-order chi connectivity index (χ1) is 10.1. The number of pyridine rings is 1. The smallest absolute Gasteiger partial charge is 0.109 e. The zero-order chi connectivity index (χ0) is 16.5. The number of aromatic nitrogens is 1. The highest BCUT2D eigenvalue weighted by atomic mass is 16.3. The Hall–Kier alpha value is -1.45. The van der Waals surface area contributed by atoms with E-state index in [0.29, 0.717) is 6.54 Å². The predicted octanol–water partition coefficient (Wildman–Crippen LogP) is 3.95. The SMILES string of the molecule is CC(C)(C)NC[C@@H](O)c1nc(C(C)(C)C)cc2ccccc12. The molecule has 0 radical (unpaired) electrons. The Morgan fingerprint density at radius 2 is 1.73 bits per heavy atom. The van der Waals surface area contributed by atoms with Gasteiger partial charge in [-0.15, -0.1) is 0 Å². The van der Waals surface area contributed by atoms with E-state index in [0.717, 1.165) is 22.2 Å². The van der Waals surface area contributed by atoms with E-state index in [1.54, 1.807) is 0 Å². The van der Waals surface area contributed by atoms with Crippen LogP contribution in [0, 0.1) is 0 Å². The molecule has 0 fully saturated rings. The maximum absolute atomic E-state index is 10.6. The molecule has 3 nitrogen and oxygen atoms in total. The fourth-order valence-electron chi connectivity index (χ4n) is 2.36. The average molecular weight is 300 g/mol. The molecule has 0 unspecified atom stereocenters. The third-order valence-corrected chi connectivity index (χ3v) is 3.68. The first-order valence-corrected chi connectivity index (χ1v) is 7.91. The van der Waals surface area contributed by atoms with Gasteiger partial charge < -0.3 is 10.4 Å². The van der Waals surface area contributed by atoms with E-state index in [2.05, 4.69) is 59.0 Å². The minimum Gasteiger partial charge on any atom is -0.385 e. The summed E-state index contributed by atoms with van der Waals surface area (Å²) in [5.74, 6) is 0. The zero-order valence-corrected chi connectivity index (χ0v) is 14.6. The van der Waals surface area contributed by atoms with Crippen LogP contribution in [-0.4, -0.2) is 22.2 Å². The average Bonchev–Trinajstić information content (AvgIpc) is 2.41. The lowest BCUT2D eigenvalue weighted by molar-refractivity contribution is 0.160. The Labute approximate surface area is 133 Å². The van der Waals surface area contributed by atoms with E-state index >= 15 is 0 Å². The fourth-order valence-corrected chi connectivity index (χ4v) is 2.36. The molecule has 2 N–H and O–H groups in total. The number of fused-ring (bicyclic) bond motifs is 1. The van der Waals surface area contributed by atoms with Crippen LogP contribution in [0.25, 0.3) is 10.8 Å². The maximum atomic E-state index is 10.6. The van der Waals surface area contributed by atoms with Crippen LogP contribution in [0.15, 0.2) is 30.3 Å². The first kappa shape index (κ1) is 16.9. The van der Waals surface area contributed by atoms with E-state index in [1.165, 1.54) is 0 Å². The van der Waals surface area contributed by atoms with E-state index < -0.39 is 6.10 Å². The van der Waals surface area contributed by atoms with Crippen molar-refractivity contribution in [3.63, 3.8) is 0 Å². The summed E-state index contributed by atoms with van der Waals surface area (Å²) in [6, 6.07) is 10.3. The fraction of sp³-hybridized carbons (Fsp3) is 0.526. The molecule has 1 atom stereocenters. The van der Waals surface area contributed by atoms with Crippen LogP contribution in [0.5, 0.6) is 0 Å². The van der Waals surface area contributed by atoms with Crippen molar-refractivity contribution < 1.29 is 5.11 Å². The lowest BCUT2D eigenvalue weighted by Gasteiger charge is -2.25. The number of rotatable bonds is 3. The van der Waals surface area contributed by atoms with Crippen LogP contribution in [-0.2, 0) is 5.41 Å². The molecule has 1 aromatic carbocycles. The molecule has 0 aliphatic rings. The van der Waals surface area contributed by atoms with Gasteiger partial charge in [-0.3, -0.25) is 4.98 Å². The highest BCUT2D eigenvalue weighted by molar-refractivity contribution is 5.85. The van der Waals surface area contributed by atoms with Gasteiger partial charge in [-0.25, -0.2) is 0 Å². The molecule has 0 saturated heterocycles. The number of nitrogens with zero attached hydrogens (tertiary/aromatic N) is 1. The molecule has 0 saturated carbocycles. The second kappa shape index (κ2) is 5.98. The van der Waals surface area contributed by atoms with Crippen LogP contribution in [0.3, 0.4) is 0 Å². The van der Waals surface area contributed by atoms with Gasteiger partial charge in [0.25, 0.3) is 0 Å². The van der Waals surface area contributed by atoms with Crippen LogP contribution in [0.1, 0.15) is 59.0 Å². The third-order valence-electron chi connectivity index (χ3n) is 3.68. The van der Waals surface area contributed by atoms with Crippen molar-refractivity contribution in [3.05, 3.63) is 41.7 Å². The molecule has 1 aromatic heterocycles. The van der Waals surface area contributed by atoms with Gasteiger partial charge in [0.2, 0.25) is 0 Å². The van der Waals surface area contributed by atoms with E-state index in [9.17, 15) is 5.11 Å². The number of benzene rings is 1. The highest BCUT2D eigenvalue weighted by Crippen LogP contribution is 2.29. The molecular formula is C19H28N2O. The molecule has 1 heterocycles. The molecule has 0 aliphatic heterocycles. The molecule has 0 bridgehead atoms. The summed E-state index contributed by atoms with van der Waals surface area (Å²) < 4.78 is 0. The molecule has 0 aliphatic carbocycles. The largest absolute Gasteiger partial charge is 0.385 e. The summed E-state index contributed by atoms with van der Waals surface area (Å²) in [6.07, 6.45) is -0.619. The second-order valence-electron chi connectivity index (χ2n) is 8.01. The Morgan fingerprint density at radius 1 is 1.09 bits per heavy atom. The highest BCUT2D eigenvalue weighted by Gasteiger charge is 2.21. The minimum atomic E-state index is -0.619. The predicted molar refractivity (Wildman–Crippen MR) is 93.2 cm³/mol. The number of hydrogen-bond donors (Lipinski definition) is 2. The van der Waals surface area contributed by atoms with Crippen molar-refractivity contribution in [2.24, 2.45) is 0 Å². The monoisotopic (exact) mass is 300 g/mol. The Kier molecular flexibility index (Phi) is 4.59.